The second-order valence-corrected chi connectivity index (χ2v) is 8.74. The Hall–Kier alpha value is -3.84. The van der Waals surface area contributed by atoms with E-state index >= 15 is 0 Å². The predicted molar refractivity (Wildman–Crippen MR) is 133 cm³/mol. The molecule has 1 heterocycles. The molecule has 3 aromatic carbocycles. The highest BCUT2D eigenvalue weighted by Gasteiger charge is 2.29. The highest BCUT2D eigenvalue weighted by molar-refractivity contribution is 6.32. The maximum absolute atomic E-state index is 12.9. The molecule has 1 aliphatic rings. The van der Waals surface area contributed by atoms with Crippen LogP contribution in [0.3, 0.4) is 0 Å². The van der Waals surface area contributed by atoms with Crippen molar-refractivity contribution in [2.45, 2.75) is 13.5 Å². The third kappa shape index (κ3) is 5.81. The number of aryl methyl sites for hydroxylation is 1. The summed E-state index contributed by atoms with van der Waals surface area (Å²) >= 11 is 6.18. The fourth-order valence-corrected chi connectivity index (χ4v) is 3.99. The molecule has 0 saturated carbocycles. The van der Waals surface area contributed by atoms with Crippen LogP contribution in [0.25, 0.3) is 0 Å². The average Bonchev–Trinajstić information content (AvgIpc) is 2.85. The number of ether oxygens (including phenoxy) is 2. The molecule has 8 heteroatoms. The molecule has 1 aliphatic heterocycles. The SMILES string of the molecule is Cc1ccc(OCC(=O)c2ccc3c(c2)N(CC(=O)N(C)Cc2ccccc2)C(=O)CO3)c(Cl)c1. The van der Waals surface area contributed by atoms with Crippen LogP contribution in [-0.2, 0) is 16.1 Å². The van der Waals surface area contributed by atoms with Gasteiger partial charge in [-0.25, -0.2) is 0 Å². The molecular formula is C27H25ClN2O5. The van der Waals surface area contributed by atoms with Gasteiger partial charge >= 0.3 is 0 Å². The standard InChI is InChI=1S/C27H25ClN2O5/c1-18-8-10-24(21(28)12-18)34-16-23(31)20-9-11-25-22(13-20)30(27(33)17-35-25)15-26(32)29(2)14-19-6-4-3-5-7-19/h3-13H,14-17H2,1-2H3. The zero-order valence-corrected chi connectivity index (χ0v) is 20.2. The first-order chi connectivity index (χ1) is 16.8. The van der Waals surface area contributed by atoms with Gasteiger partial charge in [-0.15, -0.1) is 0 Å². The number of carbonyl (C=O) groups is 3. The van der Waals surface area contributed by atoms with Gasteiger partial charge in [0, 0.05) is 19.2 Å². The quantitative estimate of drug-likeness (QED) is 0.438. The maximum Gasteiger partial charge on any atom is 0.265 e. The summed E-state index contributed by atoms with van der Waals surface area (Å²) in [5.74, 6) is -0.0387. The minimum atomic E-state index is -0.355. The number of fused-ring (bicyclic) bond motifs is 1. The largest absolute Gasteiger partial charge is 0.484 e. The molecule has 0 atom stereocenters. The van der Waals surface area contributed by atoms with E-state index in [1.54, 1.807) is 42.3 Å². The van der Waals surface area contributed by atoms with Crippen molar-refractivity contribution in [3.63, 3.8) is 0 Å². The van der Waals surface area contributed by atoms with Crippen LogP contribution in [0.4, 0.5) is 5.69 Å². The minimum Gasteiger partial charge on any atom is -0.484 e. The number of benzene rings is 3. The van der Waals surface area contributed by atoms with Crippen LogP contribution in [0.5, 0.6) is 11.5 Å². The minimum absolute atomic E-state index is 0.161. The van der Waals surface area contributed by atoms with E-state index in [0.29, 0.717) is 34.3 Å². The summed E-state index contributed by atoms with van der Waals surface area (Å²) in [6.45, 7) is 1.77. The molecule has 7 nitrogen and oxygen atoms in total. The second kappa shape index (κ2) is 10.6. The Balaban J connectivity index is 1.47. The van der Waals surface area contributed by atoms with E-state index in [1.165, 1.54) is 4.90 Å². The van der Waals surface area contributed by atoms with Gasteiger partial charge < -0.3 is 14.4 Å². The number of hydrogen-bond acceptors (Lipinski definition) is 5. The summed E-state index contributed by atoms with van der Waals surface area (Å²) in [5, 5.41) is 0.423. The van der Waals surface area contributed by atoms with E-state index in [9.17, 15) is 14.4 Å². The van der Waals surface area contributed by atoms with Crippen LogP contribution < -0.4 is 14.4 Å². The van der Waals surface area contributed by atoms with Crippen LogP contribution >= 0.6 is 11.6 Å². The fraction of sp³-hybridized carbons (Fsp3) is 0.222. The van der Waals surface area contributed by atoms with Gasteiger partial charge in [0.05, 0.1) is 10.7 Å². The van der Waals surface area contributed by atoms with Gasteiger partial charge in [-0.05, 0) is 48.4 Å². The molecule has 0 saturated heterocycles. The first-order valence-electron chi connectivity index (χ1n) is 11.1. The van der Waals surface area contributed by atoms with Crippen molar-refractivity contribution in [3.8, 4) is 11.5 Å². The topological polar surface area (TPSA) is 76.2 Å². The number of anilines is 1. The van der Waals surface area contributed by atoms with E-state index in [4.69, 9.17) is 21.1 Å². The molecule has 0 bridgehead atoms. The van der Waals surface area contributed by atoms with Crippen molar-refractivity contribution in [2.75, 3.05) is 31.7 Å². The van der Waals surface area contributed by atoms with Crippen molar-refractivity contribution < 1.29 is 23.9 Å². The van der Waals surface area contributed by atoms with Gasteiger partial charge in [0.2, 0.25) is 5.91 Å². The van der Waals surface area contributed by atoms with E-state index in [0.717, 1.165) is 11.1 Å². The molecule has 0 N–H and O–H groups in total. The Morgan fingerprint density at radius 2 is 1.86 bits per heavy atom. The van der Waals surface area contributed by atoms with Crippen LogP contribution in [0, 0.1) is 6.92 Å². The first-order valence-corrected chi connectivity index (χ1v) is 11.5. The van der Waals surface area contributed by atoms with Crippen LogP contribution in [0.2, 0.25) is 5.02 Å². The number of halogens is 1. The van der Waals surface area contributed by atoms with Crippen molar-refractivity contribution in [2.24, 2.45) is 0 Å². The fourth-order valence-electron chi connectivity index (χ4n) is 3.70. The van der Waals surface area contributed by atoms with Gasteiger partial charge in [-0.2, -0.15) is 0 Å². The van der Waals surface area contributed by atoms with Gasteiger partial charge in [0.25, 0.3) is 5.91 Å². The Kier molecular flexibility index (Phi) is 7.36. The number of nitrogens with zero attached hydrogens (tertiary/aromatic N) is 2. The molecule has 0 fully saturated rings. The van der Waals surface area contributed by atoms with Crippen LogP contribution in [-0.4, -0.2) is 49.3 Å². The molecule has 2 amide bonds. The zero-order valence-electron chi connectivity index (χ0n) is 19.5. The number of amides is 2. The van der Waals surface area contributed by atoms with Crippen molar-refractivity contribution in [1.82, 2.24) is 4.90 Å². The zero-order chi connectivity index (χ0) is 24.9. The number of ketones is 1. The highest BCUT2D eigenvalue weighted by atomic mass is 35.5. The molecule has 0 aromatic heterocycles. The first kappa shape index (κ1) is 24.3. The predicted octanol–water partition coefficient (Wildman–Crippen LogP) is 4.29. The molecule has 180 valence electrons. The van der Waals surface area contributed by atoms with Crippen LogP contribution in [0.15, 0.2) is 66.7 Å². The summed E-state index contributed by atoms with van der Waals surface area (Å²) in [6.07, 6.45) is 0. The second-order valence-electron chi connectivity index (χ2n) is 8.33. The van der Waals surface area contributed by atoms with Gasteiger partial charge in [0.15, 0.2) is 19.0 Å². The smallest absolute Gasteiger partial charge is 0.265 e. The molecule has 35 heavy (non-hydrogen) atoms. The number of hydrogen-bond donors (Lipinski definition) is 0. The third-order valence-electron chi connectivity index (χ3n) is 5.65. The van der Waals surface area contributed by atoms with Gasteiger partial charge in [0.1, 0.15) is 18.0 Å². The summed E-state index contributed by atoms with van der Waals surface area (Å²) in [7, 11) is 1.69. The van der Waals surface area contributed by atoms with E-state index in [2.05, 4.69) is 0 Å². The van der Waals surface area contributed by atoms with Crippen LogP contribution in [0.1, 0.15) is 21.5 Å². The molecule has 0 radical (unpaired) electrons. The Morgan fingerprint density at radius 3 is 2.60 bits per heavy atom. The molecular weight excluding hydrogens is 468 g/mol. The van der Waals surface area contributed by atoms with Gasteiger partial charge in [-0.3, -0.25) is 19.3 Å². The molecule has 0 spiro atoms. The third-order valence-corrected chi connectivity index (χ3v) is 5.95. The Labute approximate surface area is 208 Å². The highest BCUT2D eigenvalue weighted by Crippen LogP contribution is 2.33. The lowest BCUT2D eigenvalue weighted by Crippen LogP contribution is -2.45. The van der Waals surface area contributed by atoms with E-state index in [-0.39, 0.29) is 37.4 Å². The summed E-state index contributed by atoms with van der Waals surface area (Å²) in [5.41, 5.74) is 2.68. The number of likely N-dealkylation sites (N-methyl/N-ethyl adjacent to an activating group) is 1. The summed E-state index contributed by atoms with van der Waals surface area (Å²) < 4.78 is 11.1. The van der Waals surface area contributed by atoms with E-state index in [1.807, 2.05) is 43.3 Å². The normalized spacial score (nSPS) is 12.5. The molecule has 3 aromatic rings. The molecule has 0 aliphatic carbocycles. The lowest BCUT2D eigenvalue weighted by Gasteiger charge is -2.30. The molecule has 0 unspecified atom stereocenters. The maximum atomic E-state index is 12.9. The van der Waals surface area contributed by atoms with Crippen molar-refractivity contribution in [1.29, 1.82) is 0 Å². The average molecular weight is 493 g/mol. The lowest BCUT2D eigenvalue weighted by molar-refractivity contribution is -0.131. The molecule has 4 rings (SSSR count). The lowest BCUT2D eigenvalue weighted by atomic mass is 10.1. The number of Topliss-reactive ketones (excluding diaryl/α,β-unsaturated/α-hetero) is 1. The van der Waals surface area contributed by atoms with Crippen molar-refractivity contribution >= 4 is 34.9 Å². The summed E-state index contributed by atoms with van der Waals surface area (Å²) in [6, 6.07) is 19.7. The number of rotatable bonds is 8. The Morgan fingerprint density at radius 1 is 1.09 bits per heavy atom. The number of carbonyl (C=O) groups excluding carboxylic acids is 3. The Bertz CT molecular complexity index is 1260. The monoisotopic (exact) mass is 492 g/mol. The summed E-state index contributed by atoms with van der Waals surface area (Å²) in [4.78, 5) is 41.3. The van der Waals surface area contributed by atoms with E-state index < -0.39 is 0 Å². The van der Waals surface area contributed by atoms with Crippen molar-refractivity contribution in [3.05, 3.63) is 88.4 Å². The van der Waals surface area contributed by atoms with Gasteiger partial charge in [-0.1, -0.05) is 48.0 Å².